The van der Waals surface area contributed by atoms with E-state index in [1.54, 1.807) is 18.2 Å². The first-order chi connectivity index (χ1) is 8.49. The first-order valence-corrected chi connectivity index (χ1v) is 7.06. The molecule has 1 aromatic carbocycles. The molecule has 2 atom stereocenters. The number of alkyl halides is 1. The van der Waals surface area contributed by atoms with Gasteiger partial charge in [0.05, 0.1) is 10.0 Å². The summed E-state index contributed by atoms with van der Waals surface area (Å²) in [6.45, 7) is 3.44. The number of carbonyl (C=O) groups excluding carboxylic acids is 1. The number of hydrogen-bond donors (Lipinski definition) is 0. The van der Waals surface area contributed by atoms with Gasteiger partial charge in [0.25, 0.3) is 5.91 Å². The smallest absolute Gasteiger partial charge is 0.253 e. The molecule has 2 unspecified atom stereocenters. The number of rotatable bonds is 1. The summed E-state index contributed by atoms with van der Waals surface area (Å²) in [5.41, 5.74) is 0.574. The summed E-state index contributed by atoms with van der Waals surface area (Å²) < 4.78 is 0. The van der Waals surface area contributed by atoms with E-state index in [0.717, 1.165) is 6.42 Å². The van der Waals surface area contributed by atoms with Crippen LogP contribution in [-0.4, -0.2) is 29.3 Å². The van der Waals surface area contributed by atoms with E-state index in [2.05, 4.69) is 6.92 Å². The molecule has 1 heterocycles. The molecular formula is C13H14Cl3NO. The van der Waals surface area contributed by atoms with Crippen LogP contribution in [0.25, 0.3) is 0 Å². The van der Waals surface area contributed by atoms with Crippen LogP contribution in [0.4, 0.5) is 0 Å². The largest absolute Gasteiger partial charge is 0.338 e. The van der Waals surface area contributed by atoms with Gasteiger partial charge in [0, 0.05) is 24.0 Å². The Morgan fingerprint density at radius 3 is 2.67 bits per heavy atom. The number of amides is 1. The molecule has 0 saturated carbocycles. The van der Waals surface area contributed by atoms with Crippen molar-refractivity contribution in [2.75, 3.05) is 13.1 Å². The number of nitrogens with zero attached hydrogens (tertiary/aromatic N) is 1. The highest BCUT2D eigenvalue weighted by Gasteiger charge is 2.27. The highest BCUT2D eigenvalue weighted by molar-refractivity contribution is 6.42. The minimum atomic E-state index is -0.0102. The Hall–Kier alpha value is -0.440. The quantitative estimate of drug-likeness (QED) is 0.716. The van der Waals surface area contributed by atoms with E-state index in [1.807, 2.05) is 4.90 Å². The Balaban J connectivity index is 2.14. The van der Waals surface area contributed by atoms with E-state index in [9.17, 15) is 4.79 Å². The lowest BCUT2D eigenvalue weighted by molar-refractivity contribution is 0.0687. The van der Waals surface area contributed by atoms with E-state index < -0.39 is 0 Å². The maximum atomic E-state index is 12.3. The molecule has 0 radical (unpaired) electrons. The standard InChI is InChI=1S/C13H14Cl3NO/c1-8-7-17(5-4-10(8)14)13(18)9-2-3-11(15)12(16)6-9/h2-3,6,8,10H,4-5,7H2,1H3. The van der Waals surface area contributed by atoms with Gasteiger partial charge in [0.15, 0.2) is 0 Å². The lowest BCUT2D eigenvalue weighted by Gasteiger charge is -2.34. The van der Waals surface area contributed by atoms with Crippen LogP contribution < -0.4 is 0 Å². The van der Waals surface area contributed by atoms with Crippen molar-refractivity contribution in [1.29, 1.82) is 0 Å². The minimum absolute atomic E-state index is 0.0102. The van der Waals surface area contributed by atoms with Gasteiger partial charge in [0.1, 0.15) is 0 Å². The van der Waals surface area contributed by atoms with Gasteiger partial charge >= 0.3 is 0 Å². The lowest BCUT2D eigenvalue weighted by atomic mass is 9.99. The lowest BCUT2D eigenvalue weighted by Crippen LogP contribution is -2.43. The second-order valence-electron chi connectivity index (χ2n) is 4.66. The molecule has 5 heteroatoms. The van der Waals surface area contributed by atoms with Gasteiger partial charge in [-0.3, -0.25) is 4.79 Å². The molecule has 0 N–H and O–H groups in total. The van der Waals surface area contributed by atoms with E-state index >= 15 is 0 Å². The highest BCUT2D eigenvalue weighted by Crippen LogP contribution is 2.26. The van der Waals surface area contributed by atoms with Crippen LogP contribution in [0.5, 0.6) is 0 Å². The maximum Gasteiger partial charge on any atom is 0.253 e. The third-order valence-electron chi connectivity index (χ3n) is 3.25. The number of hydrogen-bond acceptors (Lipinski definition) is 1. The Labute approximate surface area is 122 Å². The molecule has 1 fully saturated rings. The van der Waals surface area contributed by atoms with Crippen molar-refractivity contribution in [2.45, 2.75) is 18.7 Å². The Morgan fingerprint density at radius 1 is 1.33 bits per heavy atom. The third-order valence-corrected chi connectivity index (χ3v) is 4.64. The molecule has 1 aliphatic heterocycles. The van der Waals surface area contributed by atoms with Crippen molar-refractivity contribution >= 4 is 40.7 Å². The van der Waals surface area contributed by atoms with Crippen molar-refractivity contribution in [2.24, 2.45) is 5.92 Å². The van der Waals surface area contributed by atoms with Gasteiger partial charge in [-0.2, -0.15) is 0 Å². The van der Waals surface area contributed by atoms with Gasteiger partial charge < -0.3 is 4.90 Å². The molecule has 1 saturated heterocycles. The van der Waals surface area contributed by atoms with Gasteiger partial charge in [-0.15, -0.1) is 11.6 Å². The summed E-state index contributed by atoms with van der Waals surface area (Å²) in [5, 5.41) is 1.02. The summed E-state index contributed by atoms with van der Waals surface area (Å²) in [7, 11) is 0. The first kappa shape index (κ1) is 14.0. The summed E-state index contributed by atoms with van der Waals surface area (Å²) >= 11 is 17.9. The summed E-state index contributed by atoms with van der Waals surface area (Å²) in [6, 6.07) is 4.96. The normalized spacial score (nSPS) is 24.1. The van der Waals surface area contributed by atoms with Crippen molar-refractivity contribution < 1.29 is 4.79 Å². The fraction of sp³-hybridized carbons (Fsp3) is 0.462. The Kier molecular flexibility index (Phi) is 4.41. The number of benzene rings is 1. The fourth-order valence-electron chi connectivity index (χ4n) is 2.11. The molecule has 18 heavy (non-hydrogen) atoms. The molecule has 2 nitrogen and oxygen atoms in total. The van der Waals surface area contributed by atoms with Gasteiger partial charge in [0.2, 0.25) is 0 Å². The predicted octanol–water partition coefficient (Wildman–Crippen LogP) is 4.08. The van der Waals surface area contributed by atoms with Crippen LogP contribution in [0.1, 0.15) is 23.7 Å². The van der Waals surface area contributed by atoms with Gasteiger partial charge in [-0.05, 0) is 30.5 Å². The third kappa shape index (κ3) is 2.93. The van der Waals surface area contributed by atoms with E-state index in [-0.39, 0.29) is 11.3 Å². The van der Waals surface area contributed by atoms with Gasteiger partial charge in [-0.25, -0.2) is 0 Å². The molecule has 1 amide bonds. The highest BCUT2D eigenvalue weighted by atomic mass is 35.5. The number of likely N-dealkylation sites (tertiary alicyclic amines) is 1. The zero-order valence-electron chi connectivity index (χ0n) is 10.00. The van der Waals surface area contributed by atoms with Crippen molar-refractivity contribution in [3.63, 3.8) is 0 Å². The molecule has 98 valence electrons. The summed E-state index contributed by atoms with van der Waals surface area (Å²) in [5.74, 6) is 0.302. The second-order valence-corrected chi connectivity index (χ2v) is 6.04. The molecule has 0 aromatic heterocycles. The number of carbonyl (C=O) groups is 1. The van der Waals surface area contributed by atoms with Crippen LogP contribution in [0.15, 0.2) is 18.2 Å². The van der Waals surface area contributed by atoms with E-state index in [1.165, 1.54) is 0 Å². The first-order valence-electron chi connectivity index (χ1n) is 5.87. The van der Waals surface area contributed by atoms with Crippen LogP contribution in [0.2, 0.25) is 10.0 Å². The summed E-state index contributed by atoms with van der Waals surface area (Å²) in [4.78, 5) is 14.1. The molecule has 2 rings (SSSR count). The molecule has 0 aliphatic carbocycles. The van der Waals surface area contributed by atoms with Crippen LogP contribution in [0, 0.1) is 5.92 Å². The SMILES string of the molecule is CC1CN(C(=O)c2ccc(Cl)c(Cl)c2)CCC1Cl. The molecule has 0 bridgehead atoms. The zero-order chi connectivity index (χ0) is 13.3. The second kappa shape index (κ2) is 5.68. The topological polar surface area (TPSA) is 20.3 Å². The van der Waals surface area contributed by atoms with Crippen LogP contribution in [-0.2, 0) is 0 Å². The van der Waals surface area contributed by atoms with E-state index in [4.69, 9.17) is 34.8 Å². The fourth-order valence-corrected chi connectivity index (χ4v) is 2.59. The van der Waals surface area contributed by atoms with Crippen molar-refractivity contribution in [1.82, 2.24) is 4.90 Å². The van der Waals surface area contributed by atoms with Crippen LogP contribution in [0.3, 0.4) is 0 Å². The average Bonchev–Trinajstić information content (AvgIpc) is 2.35. The molecule has 0 spiro atoms. The maximum absolute atomic E-state index is 12.3. The predicted molar refractivity (Wildman–Crippen MR) is 75.8 cm³/mol. The van der Waals surface area contributed by atoms with Gasteiger partial charge in [-0.1, -0.05) is 30.1 Å². The summed E-state index contributed by atoms with van der Waals surface area (Å²) in [6.07, 6.45) is 0.829. The Bertz CT molecular complexity index is 464. The number of halogens is 3. The molecule has 1 aromatic rings. The molecular weight excluding hydrogens is 293 g/mol. The van der Waals surface area contributed by atoms with Crippen LogP contribution >= 0.6 is 34.8 Å². The molecule has 1 aliphatic rings. The van der Waals surface area contributed by atoms with E-state index in [0.29, 0.717) is 34.6 Å². The van der Waals surface area contributed by atoms with Crippen molar-refractivity contribution in [3.8, 4) is 0 Å². The minimum Gasteiger partial charge on any atom is -0.338 e. The Morgan fingerprint density at radius 2 is 2.06 bits per heavy atom. The zero-order valence-corrected chi connectivity index (χ0v) is 12.3. The monoisotopic (exact) mass is 305 g/mol. The van der Waals surface area contributed by atoms with Crippen molar-refractivity contribution in [3.05, 3.63) is 33.8 Å². The number of piperidine rings is 1. The average molecular weight is 307 g/mol.